The van der Waals surface area contributed by atoms with Crippen molar-refractivity contribution in [2.24, 2.45) is 7.05 Å². The van der Waals surface area contributed by atoms with Crippen molar-refractivity contribution in [2.75, 3.05) is 26.6 Å². The minimum Gasteiger partial charge on any atom is -0.496 e. The van der Waals surface area contributed by atoms with Crippen LogP contribution in [0, 0.1) is 0 Å². The first kappa shape index (κ1) is 19.7. The number of hydrogen-bond donors (Lipinski definition) is 1. The van der Waals surface area contributed by atoms with Gasteiger partial charge in [0.1, 0.15) is 17.2 Å². The zero-order valence-corrected chi connectivity index (χ0v) is 17.1. The van der Waals surface area contributed by atoms with E-state index >= 15 is 0 Å². The number of amides is 1. The number of anilines is 1. The molecule has 1 amide bonds. The van der Waals surface area contributed by atoms with Crippen LogP contribution in [0.1, 0.15) is 32.8 Å². The van der Waals surface area contributed by atoms with Gasteiger partial charge in [-0.25, -0.2) is 9.78 Å². The van der Waals surface area contributed by atoms with E-state index in [1.807, 2.05) is 6.92 Å². The molecule has 0 aliphatic heterocycles. The van der Waals surface area contributed by atoms with E-state index < -0.39 is 5.97 Å². The average Bonchev–Trinajstić information content (AvgIpc) is 3.28. The first-order valence-electron chi connectivity index (χ1n) is 8.54. The second kappa shape index (κ2) is 7.89. The van der Waals surface area contributed by atoms with Gasteiger partial charge < -0.3 is 18.8 Å². The molecule has 28 heavy (non-hydrogen) atoms. The fourth-order valence-electron chi connectivity index (χ4n) is 3.03. The number of carbonyl (C=O) groups excluding carboxylic acids is 2. The summed E-state index contributed by atoms with van der Waals surface area (Å²) in [6, 6.07) is 5.32. The molecule has 2 aromatic heterocycles. The summed E-state index contributed by atoms with van der Waals surface area (Å²) in [6.07, 6.45) is 0.612. The van der Waals surface area contributed by atoms with Gasteiger partial charge in [0.15, 0.2) is 10.8 Å². The number of carbonyl (C=O) groups is 2. The maximum absolute atomic E-state index is 12.9. The number of fused-ring (bicyclic) bond motifs is 1. The monoisotopic (exact) mass is 403 g/mol. The van der Waals surface area contributed by atoms with Crippen molar-refractivity contribution in [3.63, 3.8) is 0 Å². The smallest absolute Gasteiger partial charge is 0.357 e. The van der Waals surface area contributed by atoms with Gasteiger partial charge in [-0.15, -0.1) is 11.3 Å². The zero-order valence-electron chi connectivity index (χ0n) is 16.3. The van der Waals surface area contributed by atoms with Crippen LogP contribution in [0.15, 0.2) is 18.2 Å². The highest BCUT2D eigenvalue weighted by Crippen LogP contribution is 2.35. The number of hydrogen-bond acceptors (Lipinski definition) is 7. The summed E-state index contributed by atoms with van der Waals surface area (Å²) in [6.45, 7) is 1.91. The third kappa shape index (κ3) is 3.29. The molecule has 2 heterocycles. The molecule has 3 aromatic rings. The minimum atomic E-state index is -0.521. The number of methoxy groups -OCH3 is 3. The fourth-order valence-corrected chi connectivity index (χ4v) is 3.92. The SMILES string of the molecule is CCc1sc(NC(=O)c2cc3c(OC)ccc(OC)c3n2C)nc1C(=O)OC. The van der Waals surface area contributed by atoms with Crippen LogP contribution in [0.5, 0.6) is 11.5 Å². The lowest BCUT2D eigenvalue weighted by Gasteiger charge is -2.08. The third-order valence-corrected chi connectivity index (χ3v) is 5.52. The van der Waals surface area contributed by atoms with Crippen molar-refractivity contribution < 1.29 is 23.8 Å². The second-order valence-electron chi connectivity index (χ2n) is 5.91. The highest BCUT2D eigenvalue weighted by molar-refractivity contribution is 7.16. The number of aryl methyl sites for hydroxylation is 2. The van der Waals surface area contributed by atoms with E-state index in [4.69, 9.17) is 14.2 Å². The first-order chi connectivity index (χ1) is 13.4. The van der Waals surface area contributed by atoms with Gasteiger partial charge in [0, 0.05) is 17.3 Å². The number of nitrogens with zero attached hydrogens (tertiary/aromatic N) is 2. The van der Waals surface area contributed by atoms with Crippen LogP contribution in [-0.4, -0.2) is 42.8 Å². The van der Waals surface area contributed by atoms with Crippen molar-refractivity contribution in [3.8, 4) is 11.5 Å². The molecule has 0 spiro atoms. The molecule has 3 rings (SSSR count). The van der Waals surface area contributed by atoms with E-state index in [-0.39, 0.29) is 11.6 Å². The topological polar surface area (TPSA) is 91.7 Å². The molecule has 1 N–H and O–H groups in total. The number of aromatic nitrogens is 2. The van der Waals surface area contributed by atoms with Crippen molar-refractivity contribution in [1.82, 2.24) is 9.55 Å². The summed E-state index contributed by atoms with van der Waals surface area (Å²) >= 11 is 1.25. The summed E-state index contributed by atoms with van der Waals surface area (Å²) in [5.74, 6) is 0.400. The molecule has 1 aromatic carbocycles. The maximum atomic E-state index is 12.9. The van der Waals surface area contributed by atoms with E-state index in [1.54, 1.807) is 44.0 Å². The predicted octanol–water partition coefficient (Wildman–Crippen LogP) is 3.25. The van der Waals surface area contributed by atoms with Gasteiger partial charge in [0.25, 0.3) is 5.91 Å². The van der Waals surface area contributed by atoms with Gasteiger partial charge in [-0.1, -0.05) is 6.92 Å². The van der Waals surface area contributed by atoms with Crippen LogP contribution in [-0.2, 0) is 18.2 Å². The van der Waals surface area contributed by atoms with Crippen LogP contribution in [0.2, 0.25) is 0 Å². The van der Waals surface area contributed by atoms with Gasteiger partial charge in [-0.3, -0.25) is 10.1 Å². The normalized spacial score (nSPS) is 10.8. The minimum absolute atomic E-state index is 0.227. The highest BCUT2D eigenvalue weighted by atomic mass is 32.1. The summed E-state index contributed by atoms with van der Waals surface area (Å²) < 4.78 is 17.3. The largest absolute Gasteiger partial charge is 0.496 e. The molecule has 8 nitrogen and oxygen atoms in total. The number of esters is 1. The molecule has 0 fully saturated rings. The Hall–Kier alpha value is -3.07. The summed E-state index contributed by atoms with van der Waals surface area (Å²) in [5, 5.41) is 3.87. The molecule has 9 heteroatoms. The summed E-state index contributed by atoms with van der Waals surface area (Å²) in [4.78, 5) is 29.7. The Labute approximate surface area is 166 Å². The Morgan fingerprint density at radius 2 is 1.86 bits per heavy atom. The van der Waals surface area contributed by atoms with Gasteiger partial charge in [0.2, 0.25) is 0 Å². The predicted molar refractivity (Wildman–Crippen MR) is 107 cm³/mol. The van der Waals surface area contributed by atoms with Crippen molar-refractivity contribution >= 4 is 39.2 Å². The lowest BCUT2D eigenvalue weighted by molar-refractivity contribution is 0.0593. The van der Waals surface area contributed by atoms with E-state index in [9.17, 15) is 9.59 Å². The quantitative estimate of drug-likeness (QED) is 0.635. The maximum Gasteiger partial charge on any atom is 0.357 e. The van der Waals surface area contributed by atoms with Crippen molar-refractivity contribution in [2.45, 2.75) is 13.3 Å². The molecule has 0 aliphatic carbocycles. The van der Waals surface area contributed by atoms with Gasteiger partial charge in [0.05, 0.1) is 26.8 Å². The van der Waals surface area contributed by atoms with Crippen molar-refractivity contribution in [3.05, 3.63) is 34.5 Å². The van der Waals surface area contributed by atoms with Gasteiger partial charge >= 0.3 is 5.97 Å². The first-order valence-corrected chi connectivity index (χ1v) is 9.36. The number of thiazole rings is 1. The standard InChI is InChI=1S/C19H21N3O5S/c1-6-14-15(18(24)27-5)20-19(28-14)21-17(23)11-9-10-12(25-3)7-8-13(26-4)16(10)22(11)2/h7-9H,6H2,1-5H3,(H,20,21,23). The third-order valence-electron chi connectivity index (χ3n) is 4.41. The summed E-state index contributed by atoms with van der Waals surface area (Å²) in [5.41, 5.74) is 1.38. The Balaban J connectivity index is 2.00. The van der Waals surface area contributed by atoms with Gasteiger partial charge in [-0.2, -0.15) is 0 Å². The lowest BCUT2D eigenvalue weighted by Crippen LogP contribution is -2.15. The molecule has 0 atom stereocenters. The van der Waals surface area contributed by atoms with E-state index in [0.29, 0.717) is 28.7 Å². The molecule has 0 radical (unpaired) electrons. The second-order valence-corrected chi connectivity index (χ2v) is 6.99. The number of rotatable bonds is 6. The van der Waals surface area contributed by atoms with Gasteiger partial charge in [-0.05, 0) is 24.6 Å². The number of benzene rings is 1. The van der Waals surface area contributed by atoms with E-state index in [0.717, 1.165) is 15.8 Å². The van der Waals surface area contributed by atoms with Crippen LogP contribution in [0.3, 0.4) is 0 Å². The summed E-state index contributed by atoms with van der Waals surface area (Å²) in [7, 11) is 6.22. The Morgan fingerprint density at radius 3 is 2.46 bits per heavy atom. The number of ether oxygens (including phenoxy) is 3. The highest BCUT2D eigenvalue weighted by Gasteiger charge is 2.22. The van der Waals surface area contributed by atoms with Crippen LogP contribution >= 0.6 is 11.3 Å². The molecule has 0 saturated carbocycles. The lowest BCUT2D eigenvalue weighted by atomic mass is 10.2. The van der Waals surface area contributed by atoms with Crippen LogP contribution in [0.25, 0.3) is 10.9 Å². The number of nitrogens with one attached hydrogen (secondary N) is 1. The molecule has 0 unspecified atom stereocenters. The van der Waals surface area contributed by atoms with Crippen molar-refractivity contribution in [1.29, 1.82) is 0 Å². The molecule has 0 saturated heterocycles. The molecule has 0 aliphatic rings. The molecule has 148 valence electrons. The van der Waals surface area contributed by atoms with Crippen LogP contribution in [0.4, 0.5) is 5.13 Å². The zero-order chi connectivity index (χ0) is 20.4. The molecular weight excluding hydrogens is 382 g/mol. The van der Waals surface area contributed by atoms with Crippen LogP contribution < -0.4 is 14.8 Å². The van der Waals surface area contributed by atoms with E-state index in [2.05, 4.69) is 10.3 Å². The molecular formula is C19H21N3O5S. The Bertz CT molecular complexity index is 1050. The Morgan fingerprint density at radius 1 is 1.18 bits per heavy atom. The fraction of sp³-hybridized carbons (Fsp3) is 0.316. The average molecular weight is 403 g/mol. The van der Waals surface area contributed by atoms with E-state index in [1.165, 1.54) is 18.4 Å². The molecule has 0 bridgehead atoms. The Kier molecular flexibility index (Phi) is 5.55.